The molecule has 1 aromatic heterocycles. The van der Waals surface area contributed by atoms with Crippen LogP contribution in [0.25, 0.3) is 5.69 Å². The molecule has 3 rings (SSSR count). The van der Waals surface area contributed by atoms with Crippen molar-refractivity contribution in [3.05, 3.63) is 71.1 Å². The topological polar surface area (TPSA) is 56.1 Å². The number of para-hydroxylation sites is 1. The molecule has 2 aromatic carbocycles. The molecule has 0 unspecified atom stereocenters. The Hall–Kier alpha value is -2.86. The lowest BCUT2D eigenvalue weighted by molar-refractivity contribution is -0.118. The number of ether oxygens (including phenoxy) is 1. The number of carbonyl (C=O) groups is 1. The number of nitrogens with one attached hydrogen (secondary N) is 1. The number of anilines is 1. The van der Waals surface area contributed by atoms with Gasteiger partial charge in [0, 0.05) is 6.07 Å². The van der Waals surface area contributed by atoms with Crippen molar-refractivity contribution in [1.82, 2.24) is 9.78 Å². The second-order valence-corrected chi connectivity index (χ2v) is 5.74. The predicted molar refractivity (Wildman–Crippen MR) is 93.8 cm³/mol. The van der Waals surface area contributed by atoms with E-state index in [0.717, 1.165) is 17.4 Å². The molecular formula is C18H15ClFN3O2. The molecule has 1 amide bonds. The summed E-state index contributed by atoms with van der Waals surface area (Å²) in [6, 6.07) is 14.9. The van der Waals surface area contributed by atoms with E-state index in [-0.39, 0.29) is 23.3 Å². The van der Waals surface area contributed by atoms with Gasteiger partial charge < -0.3 is 10.1 Å². The van der Waals surface area contributed by atoms with Gasteiger partial charge in [-0.3, -0.25) is 4.79 Å². The Morgan fingerprint density at radius 1 is 1.24 bits per heavy atom. The Morgan fingerprint density at radius 3 is 2.72 bits per heavy atom. The molecule has 0 saturated heterocycles. The summed E-state index contributed by atoms with van der Waals surface area (Å²) in [5, 5.41) is 7.23. The molecule has 7 heteroatoms. The molecule has 5 nitrogen and oxygen atoms in total. The van der Waals surface area contributed by atoms with Crippen molar-refractivity contribution in [3.8, 4) is 11.4 Å². The van der Waals surface area contributed by atoms with Crippen LogP contribution < -0.4 is 10.1 Å². The van der Waals surface area contributed by atoms with Crippen LogP contribution in [-0.2, 0) is 4.79 Å². The third-order valence-electron chi connectivity index (χ3n) is 3.35. The molecule has 0 saturated carbocycles. The van der Waals surface area contributed by atoms with Crippen molar-refractivity contribution in [2.75, 3.05) is 11.9 Å². The smallest absolute Gasteiger partial charge is 0.263 e. The monoisotopic (exact) mass is 359 g/mol. The van der Waals surface area contributed by atoms with Gasteiger partial charge in [-0.2, -0.15) is 5.10 Å². The number of hydrogen-bond acceptors (Lipinski definition) is 3. The summed E-state index contributed by atoms with van der Waals surface area (Å²) in [5.41, 5.74) is 1.59. The largest absolute Gasteiger partial charge is 0.482 e. The minimum atomic E-state index is -0.468. The van der Waals surface area contributed by atoms with Gasteiger partial charge in [-0.25, -0.2) is 9.07 Å². The van der Waals surface area contributed by atoms with Gasteiger partial charge in [0.25, 0.3) is 5.91 Å². The lowest BCUT2D eigenvalue weighted by Crippen LogP contribution is -2.22. The Morgan fingerprint density at radius 2 is 2.00 bits per heavy atom. The first-order valence-electron chi connectivity index (χ1n) is 7.53. The number of nitrogens with zero attached hydrogens (tertiary/aromatic N) is 2. The summed E-state index contributed by atoms with van der Waals surface area (Å²) in [6.45, 7) is 1.58. The number of benzene rings is 2. The van der Waals surface area contributed by atoms with Crippen molar-refractivity contribution >= 4 is 23.3 Å². The van der Waals surface area contributed by atoms with Crippen LogP contribution in [0.2, 0.25) is 5.02 Å². The number of hydrogen-bond donors (Lipinski definition) is 1. The van der Waals surface area contributed by atoms with Gasteiger partial charge >= 0.3 is 0 Å². The van der Waals surface area contributed by atoms with E-state index in [1.807, 2.05) is 37.3 Å². The van der Waals surface area contributed by atoms with Crippen molar-refractivity contribution in [2.24, 2.45) is 0 Å². The van der Waals surface area contributed by atoms with Gasteiger partial charge in [-0.1, -0.05) is 29.8 Å². The number of aryl methyl sites for hydroxylation is 1. The van der Waals surface area contributed by atoms with E-state index in [9.17, 15) is 9.18 Å². The molecule has 25 heavy (non-hydrogen) atoms. The average molecular weight is 360 g/mol. The number of halogens is 2. The minimum absolute atomic E-state index is 0.109. The molecule has 3 aromatic rings. The standard InChI is InChI=1S/C18H15ClFN3O2/c1-12-9-17(23(22-12)14-5-3-2-4-6-14)21-18(24)11-25-16-8-7-13(20)10-15(16)19/h2-10H,11H2,1H3,(H,21,24). The summed E-state index contributed by atoms with van der Waals surface area (Å²) in [6.07, 6.45) is 0. The Kier molecular flexibility index (Phi) is 5.00. The van der Waals surface area contributed by atoms with Gasteiger partial charge in [0.2, 0.25) is 0 Å². The number of aromatic nitrogens is 2. The average Bonchev–Trinajstić information content (AvgIpc) is 2.95. The van der Waals surface area contributed by atoms with Gasteiger partial charge in [-0.15, -0.1) is 0 Å². The van der Waals surface area contributed by atoms with E-state index in [4.69, 9.17) is 16.3 Å². The van der Waals surface area contributed by atoms with Gasteiger partial charge in [-0.05, 0) is 37.3 Å². The highest BCUT2D eigenvalue weighted by Crippen LogP contribution is 2.25. The Balaban J connectivity index is 1.69. The maximum absolute atomic E-state index is 13.0. The maximum Gasteiger partial charge on any atom is 0.263 e. The molecule has 0 radical (unpaired) electrons. The lowest BCUT2D eigenvalue weighted by Gasteiger charge is -2.10. The van der Waals surface area contributed by atoms with E-state index in [0.29, 0.717) is 5.82 Å². The van der Waals surface area contributed by atoms with Crippen molar-refractivity contribution in [3.63, 3.8) is 0 Å². The Bertz CT molecular complexity index is 897. The van der Waals surface area contributed by atoms with E-state index >= 15 is 0 Å². The summed E-state index contributed by atoms with van der Waals surface area (Å²) in [4.78, 5) is 12.2. The van der Waals surface area contributed by atoms with Crippen molar-refractivity contribution < 1.29 is 13.9 Å². The normalized spacial score (nSPS) is 10.5. The molecule has 128 valence electrons. The Labute approximate surface area is 149 Å². The van der Waals surface area contributed by atoms with Gasteiger partial charge in [0.15, 0.2) is 6.61 Å². The molecule has 0 bridgehead atoms. The first-order chi connectivity index (χ1) is 12.0. The van der Waals surface area contributed by atoms with Gasteiger partial charge in [0.05, 0.1) is 16.4 Å². The second kappa shape index (κ2) is 7.36. The number of amides is 1. The minimum Gasteiger partial charge on any atom is -0.482 e. The first kappa shape index (κ1) is 17.0. The quantitative estimate of drug-likeness (QED) is 0.749. The fraction of sp³-hybridized carbons (Fsp3) is 0.111. The maximum atomic E-state index is 13.0. The van der Waals surface area contributed by atoms with E-state index in [1.165, 1.54) is 12.1 Å². The predicted octanol–water partition coefficient (Wildman–Crippen LogP) is 3.99. The van der Waals surface area contributed by atoms with Crippen molar-refractivity contribution in [2.45, 2.75) is 6.92 Å². The summed E-state index contributed by atoms with van der Waals surface area (Å²) >= 11 is 5.87. The van der Waals surface area contributed by atoms with E-state index < -0.39 is 5.82 Å². The van der Waals surface area contributed by atoms with Crippen LogP contribution in [0.15, 0.2) is 54.6 Å². The first-order valence-corrected chi connectivity index (χ1v) is 7.90. The molecule has 0 spiro atoms. The molecule has 0 aliphatic rings. The molecule has 0 atom stereocenters. The van der Waals surface area contributed by atoms with Crippen LogP contribution in [0.5, 0.6) is 5.75 Å². The second-order valence-electron chi connectivity index (χ2n) is 5.33. The van der Waals surface area contributed by atoms with Crippen LogP contribution >= 0.6 is 11.6 Å². The van der Waals surface area contributed by atoms with Crippen LogP contribution in [0.1, 0.15) is 5.69 Å². The van der Waals surface area contributed by atoms with Crippen LogP contribution in [0.4, 0.5) is 10.2 Å². The SMILES string of the molecule is Cc1cc(NC(=O)COc2ccc(F)cc2Cl)n(-c2ccccc2)n1. The van der Waals surface area contributed by atoms with E-state index in [2.05, 4.69) is 10.4 Å². The highest BCUT2D eigenvalue weighted by Gasteiger charge is 2.12. The van der Waals surface area contributed by atoms with Crippen LogP contribution in [0.3, 0.4) is 0 Å². The summed E-state index contributed by atoms with van der Waals surface area (Å²) in [5.74, 6) is -0.0741. The molecule has 0 aliphatic carbocycles. The molecule has 0 fully saturated rings. The number of rotatable bonds is 5. The highest BCUT2D eigenvalue weighted by molar-refractivity contribution is 6.32. The zero-order chi connectivity index (χ0) is 17.8. The third kappa shape index (κ3) is 4.16. The number of carbonyl (C=O) groups excluding carboxylic acids is 1. The summed E-state index contributed by atoms with van der Waals surface area (Å²) in [7, 11) is 0. The molecular weight excluding hydrogens is 345 g/mol. The van der Waals surface area contributed by atoms with Crippen LogP contribution in [-0.4, -0.2) is 22.3 Å². The zero-order valence-electron chi connectivity index (χ0n) is 13.4. The fourth-order valence-electron chi connectivity index (χ4n) is 2.27. The van der Waals surface area contributed by atoms with Crippen molar-refractivity contribution in [1.29, 1.82) is 0 Å². The lowest BCUT2D eigenvalue weighted by atomic mass is 10.3. The zero-order valence-corrected chi connectivity index (χ0v) is 14.1. The summed E-state index contributed by atoms with van der Waals surface area (Å²) < 4.78 is 20.0. The fourth-order valence-corrected chi connectivity index (χ4v) is 2.49. The van der Waals surface area contributed by atoms with E-state index in [1.54, 1.807) is 10.7 Å². The van der Waals surface area contributed by atoms with Gasteiger partial charge in [0.1, 0.15) is 17.4 Å². The molecule has 1 heterocycles. The third-order valence-corrected chi connectivity index (χ3v) is 3.65. The highest BCUT2D eigenvalue weighted by atomic mass is 35.5. The molecule has 0 aliphatic heterocycles. The van der Waals surface area contributed by atoms with Crippen LogP contribution in [0, 0.1) is 12.7 Å². The molecule has 1 N–H and O–H groups in total.